The van der Waals surface area contributed by atoms with Gasteiger partial charge in [0.25, 0.3) is 5.95 Å². The van der Waals surface area contributed by atoms with Crippen LogP contribution in [0.25, 0.3) is 11.0 Å². The lowest BCUT2D eigenvalue weighted by atomic mass is 10.0. The zero-order chi connectivity index (χ0) is 27.8. The molecule has 0 bridgehead atoms. The fourth-order valence-corrected chi connectivity index (χ4v) is 4.54. The largest absolute Gasteiger partial charge is 0.416 e. The Morgan fingerprint density at radius 1 is 0.842 bits per heavy atom. The van der Waals surface area contributed by atoms with Crippen LogP contribution in [0.3, 0.4) is 0 Å². The van der Waals surface area contributed by atoms with E-state index in [-0.39, 0.29) is 30.7 Å². The average molecular weight is 540 g/mol. The van der Waals surface area contributed by atoms with Gasteiger partial charge in [0, 0.05) is 36.4 Å². The SMILES string of the molecule is CCc1nc2c(cc1CN(Cc1cc(C(F)(F)F)cc(C(F)(F)F)c1)c1nnn(C)n1)cc(CC)n2CC. The summed E-state index contributed by atoms with van der Waals surface area (Å²) in [5, 5.41) is 12.8. The molecule has 7 nitrogen and oxygen atoms in total. The summed E-state index contributed by atoms with van der Waals surface area (Å²) in [4.78, 5) is 7.54. The first kappa shape index (κ1) is 27.4. The fraction of sp³-hybridized carbons (Fsp3) is 0.440. The van der Waals surface area contributed by atoms with Crippen molar-refractivity contribution in [2.24, 2.45) is 7.05 Å². The van der Waals surface area contributed by atoms with Gasteiger partial charge in [-0.2, -0.15) is 31.1 Å². The first-order valence-electron chi connectivity index (χ1n) is 12.1. The lowest BCUT2D eigenvalue weighted by molar-refractivity contribution is -0.143. The predicted molar refractivity (Wildman–Crippen MR) is 129 cm³/mol. The van der Waals surface area contributed by atoms with Crippen molar-refractivity contribution in [1.29, 1.82) is 0 Å². The molecule has 1 aromatic carbocycles. The van der Waals surface area contributed by atoms with Gasteiger partial charge >= 0.3 is 12.4 Å². The van der Waals surface area contributed by atoms with Crippen LogP contribution in [0.1, 0.15) is 54.4 Å². The molecule has 0 spiro atoms. The maximum absolute atomic E-state index is 13.5. The van der Waals surface area contributed by atoms with Crippen LogP contribution < -0.4 is 4.90 Å². The molecule has 0 unspecified atom stereocenters. The number of aromatic nitrogens is 6. The number of rotatable bonds is 8. The van der Waals surface area contributed by atoms with Crippen molar-refractivity contribution in [2.75, 3.05) is 4.90 Å². The Bertz CT molecular complexity index is 1400. The molecule has 0 aliphatic rings. The average Bonchev–Trinajstić information content (AvgIpc) is 3.44. The molecule has 3 aromatic heterocycles. The molecule has 4 rings (SSSR count). The molecule has 0 fully saturated rings. The second-order valence-electron chi connectivity index (χ2n) is 8.94. The Labute approximate surface area is 215 Å². The normalized spacial score (nSPS) is 12.5. The number of pyridine rings is 1. The van der Waals surface area contributed by atoms with Crippen molar-refractivity contribution < 1.29 is 26.3 Å². The van der Waals surface area contributed by atoms with Gasteiger partial charge in [0.2, 0.25) is 0 Å². The number of halogens is 6. The molecule has 204 valence electrons. The van der Waals surface area contributed by atoms with Crippen molar-refractivity contribution in [3.63, 3.8) is 0 Å². The second kappa shape index (κ2) is 10.3. The van der Waals surface area contributed by atoms with E-state index in [0.29, 0.717) is 6.42 Å². The first-order valence-corrected chi connectivity index (χ1v) is 12.1. The topological polar surface area (TPSA) is 64.7 Å². The number of nitrogens with zero attached hydrogens (tertiary/aromatic N) is 7. The van der Waals surface area contributed by atoms with E-state index in [4.69, 9.17) is 4.98 Å². The van der Waals surface area contributed by atoms with Crippen LogP contribution in [0.4, 0.5) is 32.3 Å². The van der Waals surface area contributed by atoms with Crippen molar-refractivity contribution in [2.45, 2.75) is 65.6 Å². The van der Waals surface area contributed by atoms with Gasteiger partial charge in [0.05, 0.1) is 18.2 Å². The zero-order valence-corrected chi connectivity index (χ0v) is 21.3. The highest BCUT2D eigenvalue weighted by Gasteiger charge is 2.37. The summed E-state index contributed by atoms with van der Waals surface area (Å²) < 4.78 is 82.9. The van der Waals surface area contributed by atoms with Crippen molar-refractivity contribution in [1.82, 2.24) is 29.8 Å². The summed E-state index contributed by atoms with van der Waals surface area (Å²) in [7, 11) is 1.52. The minimum atomic E-state index is -4.95. The molecule has 0 atom stereocenters. The third kappa shape index (κ3) is 5.60. The summed E-state index contributed by atoms with van der Waals surface area (Å²) in [5.74, 6) is 0.0704. The first-order chi connectivity index (χ1) is 17.8. The molecule has 0 aliphatic carbocycles. The van der Waals surface area contributed by atoms with Gasteiger partial charge in [-0.15, -0.1) is 5.10 Å². The van der Waals surface area contributed by atoms with Gasteiger partial charge < -0.3 is 9.47 Å². The maximum Gasteiger partial charge on any atom is 0.416 e. The summed E-state index contributed by atoms with van der Waals surface area (Å²) in [5.41, 5.74) is 0.553. The molecule has 0 saturated carbocycles. The summed E-state index contributed by atoms with van der Waals surface area (Å²) in [6.45, 7) is 6.56. The van der Waals surface area contributed by atoms with E-state index in [1.54, 1.807) is 0 Å². The molecule has 0 amide bonds. The van der Waals surface area contributed by atoms with E-state index in [2.05, 4.69) is 20.0 Å². The van der Waals surface area contributed by atoms with Crippen molar-refractivity contribution in [3.8, 4) is 0 Å². The van der Waals surface area contributed by atoms with E-state index in [9.17, 15) is 26.3 Å². The molecule has 3 heterocycles. The van der Waals surface area contributed by atoms with Crippen LogP contribution in [0.5, 0.6) is 0 Å². The molecule has 0 N–H and O–H groups in total. The third-order valence-electron chi connectivity index (χ3n) is 6.30. The highest BCUT2D eigenvalue weighted by molar-refractivity contribution is 5.79. The molecule has 38 heavy (non-hydrogen) atoms. The quantitative estimate of drug-likeness (QED) is 0.259. The number of hydrogen-bond acceptors (Lipinski definition) is 5. The van der Waals surface area contributed by atoms with Crippen molar-refractivity contribution >= 4 is 17.0 Å². The summed E-state index contributed by atoms with van der Waals surface area (Å²) >= 11 is 0. The Balaban J connectivity index is 1.79. The highest BCUT2D eigenvalue weighted by atomic mass is 19.4. The second-order valence-corrected chi connectivity index (χ2v) is 8.94. The minimum absolute atomic E-state index is 0.0704. The van der Waals surface area contributed by atoms with Crippen LogP contribution in [0.15, 0.2) is 30.3 Å². The zero-order valence-electron chi connectivity index (χ0n) is 21.3. The van der Waals surface area contributed by atoms with Crippen LogP contribution in [0.2, 0.25) is 0 Å². The van der Waals surface area contributed by atoms with E-state index in [0.717, 1.165) is 53.1 Å². The van der Waals surface area contributed by atoms with Gasteiger partial charge in [-0.25, -0.2) is 4.98 Å². The van der Waals surface area contributed by atoms with Crippen LogP contribution in [-0.2, 0) is 51.9 Å². The number of hydrogen-bond donors (Lipinski definition) is 0. The molecule has 0 saturated heterocycles. The van der Waals surface area contributed by atoms with Gasteiger partial charge in [-0.05, 0) is 66.4 Å². The number of anilines is 1. The maximum atomic E-state index is 13.5. The number of fused-ring (bicyclic) bond motifs is 1. The Hall–Kier alpha value is -3.64. The minimum Gasteiger partial charge on any atom is -0.330 e. The number of alkyl halides is 6. The Kier molecular flexibility index (Phi) is 7.39. The summed E-state index contributed by atoms with van der Waals surface area (Å²) in [6.07, 6.45) is -8.50. The van der Waals surface area contributed by atoms with Crippen molar-refractivity contribution in [3.05, 3.63) is 64.0 Å². The van der Waals surface area contributed by atoms with Crippen LogP contribution >= 0.6 is 0 Å². The van der Waals surface area contributed by atoms with Crippen LogP contribution in [-0.4, -0.2) is 29.8 Å². The third-order valence-corrected chi connectivity index (χ3v) is 6.30. The molecule has 4 aromatic rings. The fourth-order valence-electron chi connectivity index (χ4n) is 4.54. The van der Waals surface area contributed by atoms with E-state index in [1.165, 1.54) is 16.7 Å². The standard InChI is InChI=1S/C25H27F6N7/c1-5-20-11-16-10-17(21(6-2)32-22(16)38(20)7-3)14-37(23-33-35-36(4)34-23)13-15-8-18(24(26,27)28)12-19(9-15)25(29,30)31/h8-12H,5-7,13-14H2,1-4H3. The molecule has 13 heteroatoms. The molecule has 0 aliphatic heterocycles. The smallest absolute Gasteiger partial charge is 0.330 e. The van der Waals surface area contributed by atoms with E-state index < -0.39 is 23.5 Å². The number of aryl methyl sites for hydroxylation is 4. The highest BCUT2D eigenvalue weighted by Crippen LogP contribution is 2.37. The van der Waals surface area contributed by atoms with Gasteiger partial charge in [0.1, 0.15) is 5.65 Å². The Morgan fingerprint density at radius 3 is 2.00 bits per heavy atom. The monoisotopic (exact) mass is 539 g/mol. The molecular weight excluding hydrogens is 512 g/mol. The molecular formula is C25H27F6N7. The van der Waals surface area contributed by atoms with Crippen LogP contribution in [0, 0.1) is 0 Å². The number of tetrazole rings is 1. The van der Waals surface area contributed by atoms with Gasteiger partial charge in [-0.3, -0.25) is 0 Å². The molecule has 0 radical (unpaired) electrons. The lowest BCUT2D eigenvalue weighted by Gasteiger charge is -2.23. The van der Waals surface area contributed by atoms with Gasteiger partial charge in [0.15, 0.2) is 0 Å². The lowest BCUT2D eigenvalue weighted by Crippen LogP contribution is -2.25. The predicted octanol–water partition coefficient (Wildman–Crippen LogP) is 5.95. The van der Waals surface area contributed by atoms with E-state index >= 15 is 0 Å². The van der Waals surface area contributed by atoms with E-state index in [1.807, 2.05) is 32.9 Å². The summed E-state index contributed by atoms with van der Waals surface area (Å²) in [6, 6.07) is 5.56. The Morgan fingerprint density at radius 2 is 1.50 bits per heavy atom. The van der Waals surface area contributed by atoms with Gasteiger partial charge in [-0.1, -0.05) is 18.9 Å². The number of benzene rings is 1.